The molecular weight excluding hydrogens is 398 g/mol. The van der Waals surface area contributed by atoms with Crippen molar-refractivity contribution in [2.45, 2.75) is 39.0 Å². The lowest BCUT2D eigenvalue weighted by Gasteiger charge is -2.27. The van der Waals surface area contributed by atoms with Crippen LogP contribution in [0.5, 0.6) is 0 Å². The number of nitrogens with one attached hydrogen (secondary N) is 1. The summed E-state index contributed by atoms with van der Waals surface area (Å²) in [5.74, 6) is 0.890. The van der Waals surface area contributed by atoms with Gasteiger partial charge in [-0.05, 0) is 61.6 Å². The molecule has 0 bridgehead atoms. The van der Waals surface area contributed by atoms with E-state index in [1.54, 1.807) is 17.1 Å². The van der Waals surface area contributed by atoms with Crippen LogP contribution >= 0.6 is 11.6 Å². The summed E-state index contributed by atoms with van der Waals surface area (Å²) < 4.78 is 1.80. The Morgan fingerprint density at radius 2 is 1.77 bits per heavy atom. The van der Waals surface area contributed by atoms with Gasteiger partial charge in [-0.3, -0.25) is 4.79 Å². The van der Waals surface area contributed by atoms with Gasteiger partial charge in [0, 0.05) is 18.1 Å². The van der Waals surface area contributed by atoms with Gasteiger partial charge in [0.05, 0.1) is 35.0 Å². The van der Waals surface area contributed by atoms with Crippen LogP contribution in [-0.4, -0.2) is 33.8 Å². The molecule has 156 valence electrons. The van der Waals surface area contributed by atoms with E-state index in [2.05, 4.69) is 34.1 Å². The number of pyridine rings is 1. The second-order valence-corrected chi connectivity index (χ2v) is 8.33. The molecule has 4 rings (SSSR count). The van der Waals surface area contributed by atoms with Gasteiger partial charge in [0.1, 0.15) is 5.82 Å². The first-order valence-electron chi connectivity index (χ1n) is 10.4. The zero-order valence-electron chi connectivity index (χ0n) is 17.3. The van der Waals surface area contributed by atoms with E-state index in [1.165, 1.54) is 19.3 Å². The van der Waals surface area contributed by atoms with E-state index in [0.29, 0.717) is 16.3 Å². The van der Waals surface area contributed by atoms with Crippen LogP contribution in [0.3, 0.4) is 0 Å². The molecule has 0 atom stereocenters. The van der Waals surface area contributed by atoms with Crippen molar-refractivity contribution in [3.05, 3.63) is 65.1 Å². The maximum absolute atomic E-state index is 13.0. The Labute approximate surface area is 181 Å². The SMILES string of the molecule is CC(C)c1c(C(=O)Nc2ccc(N3CCCCC3)nc2)cnn1-c1ccc(Cl)cc1. The predicted molar refractivity (Wildman–Crippen MR) is 121 cm³/mol. The number of nitrogens with zero attached hydrogens (tertiary/aromatic N) is 4. The minimum Gasteiger partial charge on any atom is -0.357 e. The van der Waals surface area contributed by atoms with E-state index in [1.807, 2.05) is 36.4 Å². The molecule has 1 amide bonds. The summed E-state index contributed by atoms with van der Waals surface area (Å²) in [6, 6.07) is 11.3. The number of aromatic nitrogens is 3. The van der Waals surface area contributed by atoms with Gasteiger partial charge in [-0.15, -0.1) is 0 Å². The Hall–Kier alpha value is -2.86. The number of piperidine rings is 1. The maximum atomic E-state index is 13.0. The quantitative estimate of drug-likeness (QED) is 0.605. The fraction of sp³-hybridized carbons (Fsp3) is 0.348. The molecule has 0 aliphatic carbocycles. The number of rotatable bonds is 5. The third kappa shape index (κ3) is 4.33. The minimum absolute atomic E-state index is 0.114. The van der Waals surface area contributed by atoms with E-state index in [0.717, 1.165) is 30.3 Å². The highest BCUT2D eigenvalue weighted by atomic mass is 35.5. The third-order valence-electron chi connectivity index (χ3n) is 5.35. The Balaban J connectivity index is 1.54. The lowest BCUT2D eigenvalue weighted by molar-refractivity contribution is 0.102. The van der Waals surface area contributed by atoms with Crippen LogP contribution in [0.2, 0.25) is 5.02 Å². The summed E-state index contributed by atoms with van der Waals surface area (Å²) in [4.78, 5) is 19.8. The lowest BCUT2D eigenvalue weighted by Crippen LogP contribution is -2.30. The van der Waals surface area contributed by atoms with Crippen molar-refractivity contribution in [3.8, 4) is 5.69 Å². The Morgan fingerprint density at radius 1 is 1.03 bits per heavy atom. The lowest BCUT2D eigenvalue weighted by atomic mass is 10.0. The number of hydrogen-bond donors (Lipinski definition) is 1. The number of carbonyl (C=O) groups is 1. The predicted octanol–water partition coefficient (Wildman–Crippen LogP) is 5.29. The fourth-order valence-corrected chi connectivity index (χ4v) is 3.97. The van der Waals surface area contributed by atoms with Crippen LogP contribution in [0.15, 0.2) is 48.8 Å². The smallest absolute Gasteiger partial charge is 0.259 e. The molecule has 0 spiro atoms. The molecular formula is C23H26ClN5O. The molecule has 1 aliphatic rings. The van der Waals surface area contributed by atoms with Crippen molar-refractivity contribution in [1.82, 2.24) is 14.8 Å². The molecule has 3 heterocycles. The second-order valence-electron chi connectivity index (χ2n) is 7.89. The summed E-state index contributed by atoms with van der Waals surface area (Å²) in [6.45, 7) is 6.19. The van der Waals surface area contributed by atoms with Crippen molar-refractivity contribution < 1.29 is 4.79 Å². The molecule has 7 heteroatoms. The van der Waals surface area contributed by atoms with Crippen molar-refractivity contribution in [3.63, 3.8) is 0 Å². The molecule has 2 aromatic heterocycles. The Kier molecular flexibility index (Phi) is 6.04. The fourth-order valence-electron chi connectivity index (χ4n) is 3.84. The van der Waals surface area contributed by atoms with E-state index in [9.17, 15) is 4.79 Å². The molecule has 1 saturated heterocycles. The van der Waals surface area contributed by atoms with Crippen LogP contribution < -0.4 is 10.2 Å². The molecule has 1 N–H and O–H groups in total. The van der Waals surface area contributed by atoms with E-state index in [4.69, 9.17) is 11.6 Å². The molecule has 0 saturated carbocycles. The average molecular weight is 424 g/mol. The first-order valence-corrected chi connectivity index (χ1v) is 10.8. The first-order chi connectivity index (χ1) is 14.5. The highest BCUT2D eigenvalue weighted by Gasteiger charge is 2.21. The number of amides is 1. The van der Waals surface area contributed by atoms with Crippen LogP contribution in [-0.2, 0) is 0 Å². The molecule has 3 aromatic rings. The van der Waals surface area contributed by atoms with Gasteiger partial charge >= 0.3 is 0 Å². The summed E-state index contributed by atoms with van der Waals surface area (Å²) in [5.41, 5.74) is 2.96. The summed E-state index contributed by atoms with van der Waals surface area (Å²) in [6.07, 6.45) is 7.04. The van der Waals surface area contributed by atoms with Crippen LogP contribution in [0.1, 0.15) is 55.1 Å². The van der Waals surface area contributed by atoms with Crippen LogP contribution in [0, 0.1) is 0 Å². The topological polar surface area (TPSA) is 63.1 Å². The van der Waals surface area contributed by atoms with Crippen molar-refractivity contribution >= 4 is 29.0 Å². The van der Waals surface area contributed by atoms with Crippen LogP contribution in [0.25, 0.3) is 5.69 Å². The monoisotopic (exact) mass is 423 g/mol. The zero-order valence-corrected chi connectivity index (χ0v) is 18.1. The maximum Gasteiger partial charge on any atom is 0.259 e. The summed E-state index contributed by atoms with van der Waals surface area (Å²) >= 11 is 6.01. The standard InChI is InChI=1S/C23H26ClN5O/c1-16(2)22-20(15-26-29(22)19-9-6-17(24)7-10-19)23(30)27-18-8-11-21(25-14-18)28-12-4-3-5-13-28/h6-11,14-16H,3-5,12-13H2,1-2H3,(H,27,30). The molecule has 6 nitrogen and oxygen atoms in total. The van der Waals surface area contributed by atoms with Crippen LogP contribution in [0.4, 0.5) is 11.5 Å². The minimum atomic E-state index is -0.188. The number of halogens is 1. The number of carbonyl (C=O) groups excluding carboxylic acids is 1. The molecule has 1 aromatic carbocycles. The highest BCUT2D eigenvalue weighted by Crippen LogP contribution is 2.25. The molecule has 0 radical (unpaired) electrons. The third-order valence-corrected chi connectivity index (χ3v) is 5.61. The Morgan fingerprint density at radius 3 is 2.40 bits per heavy atom. The van der Waals surface area contributed by atoms with Crippen molar-refractivity contribution in [1.29, 1.82) is 0 Å². The van der Waals surface area contributed by atoms with Gasteiger partial charge in [-0.25, -0.2) is 9.67 Å². The first kappa shape index (κ1) is 20.4. The normalized spacial score (nSPS) is 14.2. The summed E-state index contributed by atoms with van der Waals surface area (Å²) in [5, 5.41) is 8.09. The highest BCUT2D eigenvalue weighted by molar-refractivity contribution is 6.30. The molecule has 30 heavy (non-hydrogen) atoms. The zero-order chi connectivity index (χ0) is 21.1. The van der Waals surface area contributed by atoms with Gasteiger partial charge in [0.2, 0.25) is 0 Å². The molecule has 0 unspecified atom stereocenters. The van der Waals surface area contributed by atoms with Gasteiger partial charge in [-0.1, -0.05) is 25.4 Å². The van der Waals surface area contributed by atoms with E-state index in [-0.39, 0.29) is 11.8 Å². The van der Waals surface area contributed by atoms with Gasteiger partial charge in [-0.2, -0.15) is 5.10 Å². The largest absolute Gasteiger partial charge is 0.357 e. The van der Waals surface area contributed by atoms with E-state index < -0.39 is 0 Å². The summed E-state index contributed by atoms with van der Waals surface area (Å²) in [7, 11) is 0. The molecule has 1 aliphatic heterocycles. The van der Waals surface area contributed by atoms with Gasteiger partial charge < -0.3 is 10.2 Å². The van der Waals surface area contributed by atoms with Crippen molar-refractivity contribution in [2.75, 3.05) is 23.3 Å². The second kappa shape index (κ2) is 8.88. The van der Waals surface area contributed by atoms with Gasteiger partial charge in [0.15, 0.2) is 0 Å². The number of hydrogen-bond acceptors (Lipinski definition) is 4. The Bertz CT molecular complexity index is 1010. The average Bonchev–Trinajstić information content (AvgIpc) is 3.21. The van der Waals surface area contributed by atoms with Gasteiger partial charge in [0.25, 0.3) is 5.91 Å². The number of anilines is 2. The van der Waals surface area contributed by atoms with E-state index >= 15 is 0 Å². The number of benzene rings is 1. The van der Waals surface area contributed by atoms with Crippen molar-refractivity contribution in [2.24, 2.45) is 0 Å². The molecule has 1 fully saturated rings.